The Morgan fingerprint density at radius 1 is 1.25 bits per heavy atom. The topological polar surface area (TPSA) is 47.0 Å². The van der Waals surface area contributed by atoms with Gasteiger partial charge in [-0.05, 0) is 19.3 Å². The normalized spacial score (nSPS) is 11.4. The quantitative estimate of drug-likeness (QED) is 0.744. The number of nitrogens with zero attached hydrogens (tertiary/aromatic N) is 2. The van der Waals surface area contributed by atoms with Crippen LogP contribution in [0.1, 0.15) is 38.7 Å². The second kappa shape index (κ2) is 7.91. The second-order valence-electron chi connectivity index (χ2n) is 4.35. The van der Waals surface area contributed by atoms with E-state index in [1.54, 1.807) is 0 Å². The average Bonchev–Trinajstić information content (AvgIpc) is 2.40. The minimum absolute atomic E-state index is 0.00323. The maximum Gasteiger partial charge on any atom is 0.389 e. The summed E-state index contributed by atoms with van der Waals surface area (Å²) in [4.78, 5) is 8.13. The minimum atomic E-state index is -4.14. The van der Waals surface area contributed by atoms with E-state index in [-0.39, 0.29) is 13.0 Å². The molecule has 1 rings (SSSR count). The fourth-order valence-electron chi connectivity index (χ4n) is 1.68. The van der Waals surface area contributed by atoms with Crippen molar-refractivity contribution < 1.29 is 17.9 Å². The summed E-state index contributed by atoms with van der Waals surface area (Å²) in [7, 11) is 0. The predicted molar refractivity (Wildman–Crippen MR) is 71.0 cm³/mol. The van der Waals surface area contributed by atoms with E-state index < -0.39 is 12.6 Å². The van der Waals surface area contributed by atoms with Crippen LogP contribution in [0.25, 0.3) is 0 Å². The van der Waals surface area contributed by atoms with Gasteiger partial charge in [0.1, 0.15) is 12.1 Å². The standard InChI is InChI=1S/C13H20F3N3O/c1-3-7-17-11-10(4-2)12(19-9-18-11)20-8-5-6-13(14,15)16/h9H,3-8H2,1-2H3,(H,17,18,19). The number of halogens is 3. The van der Waals surface area contributed by atoms with Crippen molar-refractivity contribution in [3.63, 3.8) is 0 Å². The highest BCUT2D eigenvalue weighted by atomic mass is 19.4. The fourth-order valence-corrected chi connectivity index (χ4v) is 1.68. The van der Waals surface area contributed by atoms with Gasteiger partial charge in [0.25, 0.3) is 0 Å². The van der Waals surface area contributed by atoms with E-state index in [2.05, 4.69) is 15.3 Å². The summed E-state index contributed by atoms with van der Waals surface area (Å²) in [6, 6.07) is 0. The van der Waals surface area contributed by atoms with E-state index in [1.165, 1.54) is 6.33 Å². The Bertz CT molecular complexity index is 410. The minimum Gasteiger partial charge on any atom is -0.477 e. The lowest BCUT2D eigenvalue weighted by molar-refractivity contribution is -0.136. The van der Waals surface area contributed by atoms with Gasteiger partial charge in [-0.25, -0.2) is 9.97 Å². The molecule has 0 aliphatic rings. The lowest BCUT2D eigenvalue weighted by Crippen LogP contribution is -2.12. The molecule has 4 nitrogen and oxygen atoms in total. The molecule has 0 amide bonds. The lowest BCUT2D eigenvalue weighted by Gasteiger charge is -2.13. The van der Waals surface area contributed by atoms with Gasteiger partial charge in [0.15, 0.2) is 0 Å². The van der Waals surface area contributed by atoms with E-state index in [9.17, 15) is 13.2 Å². The first kappa shape index (κ1) is 16.5. The van der Waals surface area contributed by atoms with Crippen molar-refractivity contribution in [1.29, 1.82) is 0 Å². The lowest BCUT2D eigenvalue weighted by atomic mass is 10.2. The predicted octanol–water partition coefficient (Wildman–Crippen LogP) is 3.58. The Morgan fingerprint density at radius 3 is 2.60 bits per heavy atom. The Balaban J connectivity index is 2.60. The molecule has 0 aliphatic heterocycles. The molecule has 0 radical (unpaired) electrons. The highest BCUT2D eigenvalue weighted by Gasteiger charge is 2.26. The third-order valence-corrected chi connectivity index (χ3v) is 2.65. The van der Waals surface area contributed by atoms with Crippen molar-refractivity contribution >= 4 is 5.82 Å². The van der Waals surface area contributed by atoms with Crippen molar-refractivity contribution in [2.75, 3.05) is 18.5 Å². The van der Waals surface area contributed by atoms with Gasteiger partial charge in [-0.3, -0.25) is 0 Å². The van der Waals surface area contributed by atoms with Crippen LogP contribution in [0.3, 0.4) is 0 Å². The van der Waals surface area contributed by atoms with Crippen LogP contribution in [0.15, 0.2) is 6.33 Å². The number of hydrogen-bond donors (Lipinski definition) is 1. The zero-order valence-electron chi connectivity index (χ0n) is 11.8. The number of aromatic nitrogens is 2. The zero-order chi connectivity index (χ0) is 15.0. The molecular weight excluding hydrogens is 271 g/mol. The summed E-state index contributed by atoms with van der Waals surface area (Å²) in [5, 5.41) is 3.16. The maximum atomic E-state index is 12.0. The van der Waals surface area contributed by atoms with Crippen LogP contribution in [-0.4, -0.2) is 29.3 Å². The molecule has 1 aromatic rings. The molecule has 0 unspecified atom stereocenters. The second-order valence-corrected chi connectivity index (χ2v) is 4.35. The van der Waals surface area contributed by atoms with Gasteiger partial charge in [0.05, 0.1) is 12.2 Å². The molecular formula is C13H20F3N3O. The van der Waals surface area contributed by atoms with Crippen LogP contribution in [0.5, 0.6) is 5.88 Å². The van der Waals surface area contributed by atoms with Crippen LogP contribution < -0.4 is 10.1 Å². The highest BCUT2D eigenvalue weighted by Crippen LogP contribution is 2.24. The van der Waals surface area contributed by atoms with Gasteiger partial charge in [0, 0.05) is 13.0 Å². The molecule has 1 heterocycles. The van der Waals surface area contributed by atoms with Gasteiger partial charge < -0.3 is 10.1 Å². The zero-order valence-corrected chi connectivity index (χ0v) is 11.8. The number of rotatable bonds is 8. The van der Waals surface area contributed by atoms with Crippen molar-refractivity contribution in [3.8, 4) is 5.88 Å². The molecule has 1 aromatic heterocycles. The summed E-state index contributed by atoms with van der Waals surface area (Å²) in [6.45, 7) is 4.74. The molecule has 0 saturated carbocycles. The molecule has 0 aromatic carbocycles. The largest absolute Gasteiger partial charge is 0.477 e. The average molecular weight is 291 g/mol. The van der Waals surface area contributed by atoms with Gasteiger partial charge >= 0.3 is 6.18 Å². The van der Waals surface area contributed by atoms with Gasteiger partial charge in [-0.15, -0.1) is 0 Å². The monoisotopic (exact) mass is 291 g/mol. The van der Waals surface area contributed by atoms with Crippen LogP contribution in [0.2, 0.25) is 0 Å². The van der Waals surface area contributed by atoms with Crippen LogP contribution in [-0.2, 0) is 6.42 Å². The van der Waals surface area contributed by atoms with E-state index in [0.717, 1.165) is 18.5 Å². The van der Waals surface area contributed by atoms with Gasteiger partial charge in [-0.2, -0.15) is 13.2 Å². The number of alkyl halides is 3. The smallest absolute Gasteiger partial charge is 0.389 e. The molecule has 1 N–H and O–H groups in total. The van der Waals surface area contributed by atoms with Crippen molar-refractivity contribution in [2.45, 2.75) is 45.7 Å². The first-order valence-electron chi connectivity index (χ1n) is 6.75. The van der Waals surface area contributed by atoms with Crippen molar-refractivity contribution in [3.05, 3.63) is 11.9 Å². The molecule has 0 fully saturated rings. The molecule has 7 heteroatoms. The first-order chi connectivity index (χ1) is 9.48. The van der Waals surface area contributed by atoms with Gasteiger partial charge in [0.2, 0.25) is 5.88 Å². The molecule has 0 saturated heterocycles. The molecule has 0 bridgehead atoms. The Kier molecular flexibility index (Phi) is 6.54. The molecule has 20 heavy (non-hydrogen) atoms. The highest BCUT2D eigenvalue weighted by molar-refractivity contribution is 5.48. The summed E-state index contributed by atoms with van der Waals surface area (Å²) in [5.74, 6) is 1.05. The van der Waals surface area contributed by atoms with Crippen molar-refractivity contribution in [2.24, 2.45) is 0 Å². The maximum absolute atomic E-state index is 12.0. The SMILES string of the molecule is CCCNc1ncnc(OCCCC(F)(F)F)c1CC. The first-order valence-corrected chi connectivity index (χ1v) is 6.75. The van der Waals surface area contributed by atoms with Crippen LogP contribution >= 0.6 is 0 Å². The van der Waals surface area contributed by atoms with E-state index in [0.29, 0.717) is 18.1 Å². The van der Waals surface area contributed by atoms with E-state index >= 15 is 0 Å². The summed E-state index contributed by atoms with van der Waals surface area (Å²) in [5.41, 5.74) is 0.799. The molecule has 0 spiro atoms. The van der Waals surface area contributed by atoms with E-state index in [1.807, 2.05) is 13.8 Å². The van der Waals surface area contributed by atoms with Crippen LogP contribution in [0.4, 0.5) is 19.0 Å². The number of hydrogen-bond acceptors (Lipinski definition) is 4. The number of anilines is 1. The van der Waals surface area contributed by atoms with Gasteiger partial charge in [-0.1, -0.05) is 13.8 Å². The number of nitrogens with one attached hydrogen (secondary N) is 1. The summed E-state index contributed by atoms with van der Waals surface area (Å²) >= 11 is 0. The third kappa shape index (κ3) is 5.63. The Morgan fingerprint density at radius 2 is 2.00 bits per heavy atom. The summed E-state index contributed by atoms with van der Waals surface area (Å²) < 4.78 is 41.5. The molecule has 0 aliphatic carbocycles. The third-order valence-electron chi connectivity index (χ3n) is 2.65. The Labute approximate surface area is 116 Å². The molecule has 114 valence electrons. The van der Waals surface area contributed by atoms with E-state index in [4.69, 9.17) is 4.74 Å². The fraction of sp³-hybridized carbons (Fsp3) is 0.692. The Hall–Kier alpha value is -1.53. The van der Waals surface area contributed by atoms with Crippen molar-refractivity contribution in [1.82, 2.24) is 9.97 Å². The molecule has 0 atom stereocenters. The number of ether oxygens (including phenoxy) is 1. The summed E-state index contributed by atoms with van der Waals surface area (Å²) in [6.07, 6.45) is -2.10. The van der Waals surface area contributed by atoms with Crippen LogP contribution in [0, 0.1) is 0 Å².